The first-order valence-electron chi connectivity index (χ1n) is 8.85. The highest BCUT2D eigenvalue weighted by molar-refractivity contribution is 8.03. The molecule has 0 spiro atoms. The highest BCUT2D eigenvalue weighted by Gasteiger charge is 2.24. The molecular weight excluding hydrogens is 340 g/mol. The van der Waals surface area contributed by atoms with E-state index in [2.05, 4.69) is 83.4 Å². The van der Waals surface area contributed by atoms with Crippen molar-refractivity contribution in [1.82, 2.24) is 0 Å². The summed E-state index contributed by atoms with van der Waals surface area (Å²) in [5.41, 5.74) is 3.67. The standard InChI is InChI=1S/C22H21N2OS/c1-23-14-12-17(18-8-2-3-9-19(18)23)16-22-24(13-6-7-15-25)20-10-4-5-11-21(20)26-22/h2-5,8-12,14-16H,6-7,13H2,1H3/q+1. The maximum Gasteiger partial charge on any atom is 0.212 e. The molecule has 0 saturated heterocycles. The van der Waals surface area contributed by atoms with Crippen LogP contribution in [-0.2, 0) is 11.8 Å². The van der Waals surface area contributed by atoms with Gasteiger partial charge in [0.25, 0.3) is 0 Å². The van der Waals surface area contributed by atoms with E-state index >= 15 is 0 Å². The summed E-state index contributed by atoms with van der Waals surface area (Å²) in [6, 6.07) is 19.1. The lowest BCUT2D eigenvalue weighted by molar-refractivity contribution is -0.644. The SMILES string of the molecule is C[n+]1ccc(C=C2Sc3ccccc3N2CCCC=O)c2ccccc21. The van der Waals surface area contributed by atoms with Gasteiger partial charge in [0.1, 0.15) is 13.3 Å². The van der Waals surface area contributed by atoms with Crippen molar-refractivity contribution in [3.8, 4) is 0 Å². The molecule has 4 rings (SSSR count). The number of aldehydes is 1. The van der Waals surface area contributed by atoms with Crippen molar-refractivity contribution >= 4 is 40.7 Å². The molecule has 0 saturated carbocycles. The molecule has 2 aromatic carbocycles. The highest BCUT2D eigenvalue weighted by atomic mass is 32.2. The predicted octanol–water partition coefficient (Wildman–Crippen LogP) is 4.55. The fourth-order valence-corrected chi connectivity index (χ4v) is 4.51. The lowest BCUT2D eigenvalue weighted by Gasteiger charge is -2.20. The van der Waals surface area contributed by atoms with Gasteiger partial charge < -0.3 is 9.69 Å². The van der Waals surface area contributed by atoms with Gasteiger partial charge in [-0.2, -0.15) is 0 Å². The Kier molecular flexibility index (Phi) is 4.76. The number of unbranched alkanes of at least 4 members (excludes halogenated alkanes) is 1. The number of benzene rings is 2. The van der Waals surface area contributed by atoms with Gasteiger partial charge in [-0.25, -0.2) is 4.57 Å². The summed E-state index contributed by atoms with van der Waals surface area (Å²) >= 11 is 1.80. The Balaban J connectivity index is 1.76. The second-order valence-corrected chi connectivity index (χ2v) is 7.47. The van der Waals surface area contributed by atoms with Crippen molar-refractivity contribution in [3.05, 3.63) is 71.4 Å². The first-order valence-corrected chi connectivity index (χ1v) is 9.67. The van der Waals surface area contributed by atoms with E-state index in [-0.39, 0.29) is 0 Å². The van der Waals surface area contributed by atoms with E-state index in [9.17, 15) is 4.79 Å². The van der Waals surface area contributed by atoms with Crippen molar-refractivity contribution in [1.29, 1.82) is 0 Å². The van der Waals surface area contributed by atoms with E-state index in [4.69, 9.17) is 0 Å². The number of aryl methyl sites for hydroxylation is 1. The number of anilines is 1. The molecule has 1 aliphatic rings. The lowest BCUT2D eigenvalue weighted by Crippen LogP contribution is -2.28. The van der Waals surface area contributed by atoms with Crippen LogP contribution in [0.15, 0.2) is 70.7 Å². The largest absolute Gasteiger partial charge is 0.335 e. The average molecular weight is 361 g/mol. The maximum atomic E-state index is 10.7. The third-order valence-corrected chi connectivity index (χ3v) is 5.80. The van der Waals surface area contributed by atoms with E-state index in [1.54, 1.807) is 11.8 Å². The minimum atomic E-state index is 0.598. The zero-order chi connectivity index (χ0) is 17.9. The summed E-state index contributed by atoms with van der Waals surface area (Å²) in [6.45, 7) is 0.854. The second kappa shape index (κ2) is 7.34. The zero-order valence-electron chi connectivity index (χ0n) is 14.8. The number of fused-ring (bicyclic) bond motifs is 2. The molecule has 1 aromatic heterocycles. The lowest BCUT2D eigenvalue weighted by atomic mass is 10.1. The van der Waals surface area contributed by atoms with Crippen LogP contribution in [0.3, 0.4) is 0 Å². The number of pyridine rings is 1. The van der Waals surface area contributed by atoms with Gasteiger partial charge in [0.05, 0.1) is 16.1 Å². The van der Waals surface area contributed by atoms with Crippen molar-refractivity contribution in [2.75, 3.05) is 11.4 Å². The third-order valence-electron chi connectivity index (χ3n) is 4.69. The van der Waals surface area contributed by atoms with Gasteiger partial charge in [-0.1, -0.05) is 36.0 Å². The molecule has 2 heterocycles. The summed E-state index contributed by atoms with van der Waals surface area (Å²) in [5.74, 6) is 0. The molecule has 0 amide bonds. The number of para-hydroxylation sites is 2. The van der Waals surface area contributed by atoms with E-state index in [1.165, 1.54) is 32.1 Å². The topological polar surface area (TPSA) is 24.2 Å². The van der Waals surface area contributed by atoms with Gasteiger partial charge in [-0.3, -0.25) is 0 Å². The summed E-state index contributed by atoms with van der Waals surface area (Å²) in [5, 5.41) is 2.46. The fourth-order valence-electron chi connectivity index (χ4n) is 3.37. The predicted molar refractivity (Wildman–Crippen MR) is 108 cm³/mol. The number of carbonyl (C=O) groups excluding carboxylic acids is 1. The smallest absolute Gasteiger partial charge is 0.212 e. The van der Waals surface area contributed by atoms with Gasteiger partial charge in [0.15, 0.2) is 6.20 Å². The normalized spacial score (nSPS) is 14.8. The van der Waals surface area contributed by atoms with Gasteiger partial charge in [-0.05, 0) is 36.3 Å². The quantitative estimate of drug-likeness (QED) is 0.378. The Morgan fingerprint density at radius 3 is 2.77 bits per heavy atom. The first-order chi connectivity index (χ1) is 12.8. The summed E-state index contributed by atoms with van der Waals surface area (Å²) in [4.78, 5) is 14.3. The number of aromatic nitrogens is 1. The van der Waals surface area contributed by atoms with Crippen molar-refractivity contribution in [2.45, 2.75) is 17.7 Å². The minimum absolute atomic E-state index is 0.598. The Morgan fingerprint density at radius 1 is 1.08 bits per heavy atom. The molecule has 0 radical (unpaired) electrons. The van der Waals surface area contributed by atoms with E-state index in [0.717, 1.165) is 19.3 Å². The Morgan fingerprint density at radius 2 is 1.88 bits per heavy atom. The first kappa shape index (κ1) is 16.9. The molecule has 4 heteroatoms. The van der Waals surface area contributed by atoms with Gasteiger partial charge in [0, 0.05) is 30.0 Å². The van der Waals surface area contributed by atoms with Gasteiger partial charge in [0.2, 0.25) is 5.52 Å². The molecule has 3 nitrogen and oxygen atoms in total. The average Bonchev–Trinajstić information content (AvgIpc) is 3.02. The van der Waals surface area contributed by atoms with Gasteiger partial charge >= 0.3 is 0 Å². The van der Waals surface area contributed by atoms with Crippen LogP contribution in [0.1, 0.15) is 18.4 Å². The molecule has 3 aromatic rings. The summed E-state index contributed by atoms with van der Waals surface area (Å²) in [7, 11) is 2.07. The number of nitrogens with zero attached hydrogens (tertiary/aromatic N) is 2. The highest BCUT2D eigenvalue weighted by Crippen LogP contribution is 2.46. The number of thioether (sulfide) groups is 1. The van der Waals surface area contributed by atoms with Crippen molar-refractivity contribution < 1.29 is 9.36 Å². The number of carbonyl (C=O) groups is 1. The number of rotatable bonds is 5. The Bertz CT molecular complexity index is 996. The monoisotopic (exact) mass is 361 g/mol. The van der Waals surface area contributed by atoms with Crippen LogP contribution in [0.4, 0.5) is 5.69 Å². The van der Waals surface area contributed by atoms with Crippen LogP contribution in [0.5, 0.6) is 0 Å². The number of hydrogen-bond acceptors (Lipinski definition) is 3. The second-order valence-electron chi connectivity index (χ2n) is 6.41. The molecule has 26 heavy (non-hydrogen) atoms. The van der Waals surface area contributed by atoms with Crippen LogP contribution in [0.25, 0.3) is 17.0 Å². The summed E-state index contributed by atoms with van der Waals surface area (Å²) < 4.78 is 2.15. The Labute approximate surface area is 158 Å². The summed E-state index contributed by atoms with van der Waals surface area (Å²) in [6.07, 6.45) is 6.84. The van der Waals surface area contributed by atoms with E-state index in [0.29, 0.717) is 6.42 Å². The van der Waals surface area contributed by atoms with E-state index < -0.39 is 0 Å². The van der Waals surface area contributed by atoms with Crippen LogP contribution in [-0.4, -0.2) is 12.8 Å². The minimum Gasteiger partial charge on any atom is -0.335 e. The maximum absolute atomic E-state index is 10.7. The van der Waals surface area contributed by atoms with Crippen molar-refractivity contribution in [3.63, 3.8) is 0 Å². The van der Waals surface area contributed by atoms with Gasteiger partial charge in [-0.15, -0.1) is 0 Å². The molecule has 0 fully saturated rings. The van der Waals surface area contributed by atoms with Crippen LogP contribution in [0, 0.1) is 0 Å². The molecule has 1 aliphatic heterocycles. The molecular formula is C22H21N2OS+. The molecule has 0 unspecified atom stereocenters. The van der Waals surface area contributed by atoms with Crippen LogP contribution < -0.4 is 9.47 Å². The third kappa shape index (κ3) is 3.13. The molecule has 0 aliphatic carbocycles. The molecule has 0 N–H and O–H groups in total. The molecule has 130 valence electrons. The van der Waals surface area contributed by atoms with E-state index in [1.807, 2.05) is 0 Å². The van der Waals surface area contributed by atoms with Crippen LogP contribution >= 0.6 is 11.8 Å². The molecule has 0 bridgehead atoms. The Hall–Kier alpha value is -2.59. The fraction of sp³-hybridized carbons (Fsp3) is 0.182. The number of hydrogen-bond donors (Lipinski definition) is 0. The van der Waals surface area contributed by atoms with Crippen LogP contribution in [0.2, 0.25) is 0 Å². The van der Waals surface area contributed by atoms with Crippen molar-refractivity contribution in [2.24, 2.45) is 7.05 Å². The zero-order valence-corrected chi connectivity index (χ0v) is 15.6. The molecule has 0 atom stereocenters.